The fourth-order valence-corrected chi connectivity index (χ4v) is 5.29. The first-order chi connectivity index (χ1) is 18.6. The Bertz CT molecular complexity index is 505. The maximum atomic E-state index is 12.4. The molecule has 0 radical (unpaired) electrons. The van der Waals surface area contributed by atoms with Crippen molar-refractivity contribution in [1.29, 1.82) is 0 Å². The van der Waals surface area contributed by atoms with Crippen molar-refractivity contribution in [3.05, 3.63) is 0 Å². The van der Waals surface area contributed by atoms with E-state index in [4.69, 9.17) is 9.84 Å². The van der Waals surface area contributed by atoms with Crippen LogP contribution in [0.1, 0.15) is 200 Å². The number of unbranched alkanes of at least 4 members (excludes halogenated alkanes) is 22. The maximum absolute atomic E-state index is 12.4. The van der Waals surface area contributed by atoms with Crippen molar-refractivity contribution in [2.24, 2.45) is 0 Å². The SMILES string of the molecule is CCCCCCCCCCCCCCCCC(=O)OC(CCCC)CCCCCCCCCCCC(=O)O. The molecule has 0 rings (SSSR count). The number of hydrogen-bond donors (Lipinski definition) is 1. The van der Waals surface area contributed by atoms with Crippen molar-refractivity contribution < 1.29 is 19.4 Å². The smallest absolute Gasteiger partial charge is 0.306 e. The van der Waals surface area contributed by atoms with Crippen LogP contribution >= 0.6 is 0 Å². The fourth-order valence-electron chi connectivity index (χ4n) is 5.29. The Kier molecular flexibility index (Phi) is 29.6. The number of carbonyl (C=O) groups is 2. The van der Waals surface area contributed by atoms with Gasteiger partial charge in [0.05, 0.1) is 0 Å². The first-order valence-corrected chi connectivity index (χ1v) is 17.0. The van der Waals surface area contributed by atoms with E-state index in [0.717, 1.165) is 64.2 Å². The van der Waals surface area contributed by atoms with Gasteiger partial charge in [0.25, 0.3) is 0 Å². The number of aliphatic carboxylic acids is 1. The van der Waals surface area contributed by atoms with Crippen molar-refractivity contribution >= 4 is 11.9 Å². The van der Waals surface area contributed by atoms with Crippen molar-refractivity contribution in [1.82, 2.24) is 0 Å². The summed E-state index contributed by atoms with van der Waals surface area (Å²) < 4.78 is 5.88. The van der Waals surface area contributed by atoms with E-state index in [9.17, 15) is 9.59 Å². The topological polar surface area (TPSA) is 63.6 Å². The number of carboxylic acid groups (broad SMARTS) is 1. The van der Waals surface area contributed by atoms with Gasteiger partial charge in [-0.1, -0.05) is 155 Å². The van der Waals surface area contributed by atoms with Gasteiger partial charge < -0.3 is 9.84 Å². The summed E-state index contributed by atoms with van der Waals surface area (Å²) in [5, 5.41) is 8.66. The average molecular weight is 539 g/mol. The number of esters is 1. The fraction of sp³-hybridized carbons (Fsp3) is 0.941. The Morgan fingerprint density at radius 2 is 0.816 bits per heavy atom. The molecule has 0 heterocycles. The summed E-state index contributed by atoms with van der Waals surface area (Å²) in [6.07, 6.45) is 34.4. The van der Waals surface area contributed by atoms with Gasteiger partial charge in [-0.3, -0.25) is 9.59 Å². The standard InChI is InChI=1S/C34H66O4/c1-3-5-7-8-9-10-11-12-13-14-18-21-24-27-31-34(37)38-32(28-6-4-2)29-25-22-19-16-15-17-20-23-26-30-33(35)36/h32H,3-31H2,1-2H3,(H,35,36). The summed E-state index contributed by atoms with van der Waals surface area (Å²) >= 11 is 0. The Morgan fingerprint density at radius 3 is 1.24 bits per heavy atom. The number of carbonyl (C=O) groups excluding carboxylic acids is 1. The van der Waals surface area contributed by atoms with E-state index >= 15 is 0 Å². The van der Waals surface area contributed by atoms with Crippen LogP contribution in [0, 0.1) is 0 Å². The average Bonchev–Trinajstić information content (AvgIpc) is 2.90. The summed E-state index contributed by atoms with van der Waals surface area (Å²) in [5.74, 6) is -0.657. The van der Waals surface area contributed by atoms with Crippen molar-refractivity contribution in [2.45, 2.75) is 206 Å². The molecule has 0 aromatic heterocycles. The van der Waals surface area contributed by atoms with Gasteiger partial charge in [0.15, 0.2) is 0 Å². The molecule has 0 bridgehead atoms. The molecule has 0 saturated carbocycles. The van der Waals surface area contributed by atoms with Crippen LogP contribution in [0.2, 0.25) is 0 Å². The predicted octanol–water partition coefficient (Wildman–Crippen LogP) is 11.3. The third-order valence-corrected chi connectivity index (χ3v) is 7.83. The number of carboxylic acids is 1. The highest BCUT2D eigenvalue weighted by Gasteiger charge is 2.13. The normalized spacial score (nSPS) is 12.1. The minimum atomic E-state index is -0.678. The molecule has 0 aromatic carbocycles. The molecular weight excluding hydrogens is 472 g/mol. The molecular formula is C34H66O4. The van der Waals surface area contributed by atoms with Gasteiger partial charge in [-0.25, -0.2) is 0 Å². The zero-order chi connectivity index (χ0) is 27.9. The molecule has 1 unspecified atom stereocenters. The first-order valence-electron chi connectivity index (χ1n) is 17.0. The highest BCUT2D eigenvalue weighted by Crippen LogP contribution is 2.18. The van der Waals surface area contributed by atoms with Gasteiger partial charge >= 0.3 is 11.9 Å². The van der Waals surface area contributed by atoms with E-state index in [1.54, 1.807) is 0 Å². The number of ether oxygens (including phenoxy) is 1. The molecule has 4 heteroatoms. The first kappa shape index (κ1) is 36.9. The third-order valence-electron chi connectivity index (χ3n) is 7.83. The molecule has 38 heavy (non-hydrogen) atoms. The van der Waals surface area contributed by atoms with Crippen LogP contribution < -0.4 is 0 Å². The minimum absolute atomic E-state index is 0.0212. The second kappa shape index (κ2) is 30.5. The minimum Gasteiger partial charge on any atom is -0.481 e. The van der Waals surface area contributed by atoms with Crippen molar-refractivity contribution in [2.75, 3.05) is 0 Å². The van der Waals surface area contributed by atoms with Crippen LogP contribution in [-0.2, 0) is 14.3 Å². The van der Waals surface area contributed by atoms with E-state index in [1.165, 1.54) is 109 Å². The van der Waals surface area contributed by atoms with Crippen molar-refractivity contribution in [3.8, 4) is 0 Å². The lowest BCUT2D eigenvalue weighted by Gasteiger charge is -2.18. The molecule has 0 amide bonds. The predicted molar refractivity (Wildman–Crippen MR) is 163 cm³/mol. The Labute approximate surface area is 237 Å². The molecule has 226 valence electrons. The zero-order valence-electron chi connectivity index (χ0n) is 25.8. The summed E-state index contributed by atoms with van der Waals surface area (Å²) in [6, 6.07) is 0. The molecule has 0 aliphatic heterocycles. The van der Waals surface area contributed by atoms with Gasteiger partial charge in [-0.2, -0.15) is 0 Å². The molecule has 0 saturated heterocycles. The Hall–Kier alpha value is -1.06. The van der Waals surface area contributed by atoms with Crippen LogP contribution in [0.4, 0.5) is 0 Å². The van der Waals surface area contributed by atoms with Crippen LogP contribution in [0.15, 0.2) is 0 Å². The van der Waals surface area contributed by atoms with Crippen LogP contribution in [-0.4, -0.2) is 23.1 Å². The summed E-state index contributed by atoms with van der Waals surface area (Å²) in [5.41, 5.74) is 0. The lowest BCUT2D eigenvalue weighted by molar-refractivity contribution is -0.150. The third kappa shape index (κ3) is 29.5. The quantitative estimate of drug-likeness (QED) is 0.0704. The monoisotopic (exact) mass is 538 g/mol. The van der Waals surface area contributed by atoms with Crippen molar-refractivity contribution in [3.63, 3.8) is 0 Å². The lowest BCUT2D eigenvalue weighted by atomic mass is 10.0. The molecule has 4 nitrogen and oxygen atoms in total. The molecule has 0 fully saturated rings. The van der Waals surface area contributed by atoms with E-state index in [0.29, 0.717) is 12.8 Å². The molecule has 1 N–H and O–H groups in total. The Morgan fingerprint density at radius 1 is 0.474 bits per heavy atom. The summed E-state index contributed by atoms with van der Waals surface area (Å²) in [6.45, 7) is 4.48. The van der Waals surface area contributed by atoms with Gasteiger partial charge in [0, 0.05) is 12.8 Å². The largest absolute Gasteiger partial charge is 0.481 e. The summed E-state index contributed by atoms with van der Waals surface area (Å²) in [4.78, 5) is 22.9. The van der Waals surface area contributed by atoms with Gasteiger partial charge in [0.1, 0.15) is 6.10 Å². The van der Waals surface area contributed by atoms with E-state index < -0.39 is 5.97 Å². The van der Waals surface area contributed by atoms with Crippen LogP contribution in [0.5, 0.6) is 0 Å². The maximum Gasteiger partial charge on any atom is 0.306 e. The second-order valence-corrected chi connectivity index (χ2v) is 11.7. The molecule has 0 spiro atoms. The molecule has 0 aliphatic carbocycles. The van der Waals surface area contributed by atoms with E-state index in [-0.39, 0.29) is 12.1 Å². The summed E-state index contributed by atoms with van der Waals surface area (Å²) in [7, 11) is 0. The highest BCUT2D eigenvalue weighted by atomic mass is 16.5. The second-order valence-electron chi connectivity index (χ2n) is 11.7. The molecule has 0 aliphatic rings. The number of rotatable bonds is 31. The van der Waals surface area contributed by atoms with Gasteiger partial charge in [-0.05, 0) is 32.1 Å². The van der Waals surface area contributed by atoms with Crippen LogP contribution in [0.3, 0.4) is 0 Å². The van der Waals surface area contributed by atoms with E-state index in [2.05, 4.69) is 13.8 Å². The highest BCUT2D eigenvalue weighted by molar-refractivity contribution is 5.69. The van der Waals surface area contributed by atoms with E-state index in [1.807, 2.05) is 0 Å². The lowest BCUT2D eigenvalue weighted by Crippen LogP contribution is -2.18. The molecule has 1 atom stereocenters. The zero-order valence-corrected chi connectivity index (χ0v) is 25.8. The van der Waals surface area contributed by atoms with Gasteiger partial charge in [-0.15, -0.1) is 0 Å². The van der Waals surface area contributed by atoms with Crippen LogP contribution in [0.25, 0.3) is 0 Å². The van der Waals surface area contributed by atoms with Gasteiger partial charge in [0.2, 0.25) is 0 Å². The molecule has 0 aromatic rings. The number of hydrogen-bond acceptors (Lipinski definition) is 3. The Balaban J connectivity index is 3.63.